The Morgan fingerprint density at radius 3 is 2.82 bits per heavy atom. The van der Waals surface area contributed by atoms with Crippen LogP contribution in [-0.2, 0) is 14.4 Å². The van der Waals surface area contributed by atoms with Gasteiger partial charge < -0.3 is 15.7 Å². The molecule has 2 atom stereocenters. The first kappa shape index (κ1) is 13.6. The maximum absolute atomic E-state index is 11.9. The summed E-state index contributed by atoms with van der Waals surface area (Å²) in [6.07, 6.45) is 4.05. The highest BCUT2D eigenvalue weighted by Crippen LogP contribution is 2.19. The Labute approximate surface area is 99.8 Å². The summed E-state index contributed by atoms with van der Waals surface area (Å²) >= 11 is 0. The molecule has 95 valence electrons. The topological polar surface area (TPSA) is 101 Å². The number of carboxylic acid groups (broad SMARTS) is 1. The summed E-state index contributed by atoms with van der Waals surface area (Å²) in [5.74, 6) is -1.31. The van der Waals surface area contributed by atoms with Crippen molar-refractivity contribution in [2.75, 3.05) is 6.54 Å². The van der Waals surface area contributed by atoms with E-state index in [-0.39, 0.29) is 12.3 Å². The molecule has 17 heavy (non-hydrogen) atoms. The summed E-state index contributed by atoms with van der Waals surface area (Å²) in [6, 6.07) is -1.46. The molecule has 1 aliphatic rings. The summed E-state index contributed by atoms with van der Waals surface area (Å²) in [4.78, 5) is 34.2. The number of unbranched alkanes of at least 4 members (excludes halogenated alkanes) is 1. The summed E-state index contributed by atoms with van der Waals surface area (Å²) in [5.41, 5.74) is 5.69. The zero-order chi connectivity index (χ0) is 12.8. The highest BCUT2D eigenvalue weighted by molar-refractivity contribution is 5.87. The fourth-order valence-corrected chi connectivity index (χ4v) is 2.02. The first-order chi connectivity index (χ1) is 8.07. The maximum atomic E-state index is 11.9. The van der Waals surface area contributed by atoms with Crippen molar-refractivity contribution in [2.45, 2.75) is 44.2 Å². The lowest BCUT2D eigenvalue weighted by molar-refractivity contribution is -0.148. The summed E-state index contributed by atoms with van der Waals surface area (Å²) in [6.45, 7) is 0.448. The van der Waals surface area contributed by atoms with Gasteiger partial charge in [0, 0.05) is 13.0 Å². The van der Waals surface area contributed by atoms with Gasteiger partial charge in [-0.15, -0.1) is 0 Å². The molecule has 0 aromatic rings. The molecule has 1 rings (SSSR count). The summed E-state index contributed by atoms with van der Waals surface area (Å²) in [5, 5.41) is 8.94. The Morgan fingerprint density at radius 1 is 1.53 bits per heavy atom. The van der Waals surface area contributed by atoms with Crippen LogP contribution in [0.1, 0.15) is 32.1 Å². The molecule has 0 aromatic carbocycles. The van der Waals surface area contributed by atoms with Gasteiger partial charge in [0.15, 0.2) is 6.29 Å². The first-order valence-electron chi connectivity index (χ1n) is 5.71. The van der Waals surface area contributed by atoms with Crippen LogP contribution in [0.3, 0.4) is 0 Å². The molecule has 1 heterocycles. The second-order valence-corrected chi connectivity index (χ2v) is 4.17. The van der Waals surface area contributed by atoms with Gasteiger partial charge in [-0.25, -0.2) is 4.79 Å². The number of nitrogens with zero attached hydrogens (tertiary/aromatic N) is 1. The quantitative estimate of drug-likeness (QED) is 0.620. The van der Waals surface area contributed by atoms with E-state index in [1.165, 1.54) is 4.90 Å². The number of rotatable bonds is 6. The van der Waals surface area contributed by atoms with Gasteiger partial charge in [0.25, 0.3) is 0 Å². The van der Waals surface area contributed by atoms with Crippen molar-refractivity contribution in [3.63, 3.8) is 0 Å². The number of amides is 1. The van der Waals surface area contributed by atoms with Gasteiger partial charge in [0.1, 0.15) is 6.04 Å². The van der Waals surface area contributed by atoms with E-state index < -0.39 is 18.1 Å². The van der Waals surface area contributed by atoms with Crippen molar-refractivity contribution in [3.8, 4) is 0 Å². The molecule has 1 saturated heterocycles. The molecule has 1 radical (unpaired) electrons. The van der Waals surface area contributed by atoms with E-state index in [0.717, 1.165) is 0 Å². The van der Waals surface area contributed by atoms with Crippen LogP contribution in [0.25, 0.3) is 0 Å². The lowest BCUT2D eigenvalue weighted by Gasteiger charge is -2.24. The number of nitrogens with two attached hydrogens (primary N) is 1. The lowest BCUT2D eigenvalue weighted by Crippen LogP contribution is -2.48. The van der Waals surface area contributed by atoms with Crippen LogP contribution in [-0.4, -0.2) is 46.8 Å². The Balaban J connectivity index is 2.50. The lowest BCUT2D eigenvalue weighted by atomic mass is 10.1. The van der Waals surface area contributed by atoms with Crippen molar-refractivity contribution < 1.29 is 19.5 Å². The fourth-order valence-electron chi connectivity index (χ4n) is 2.02. The molecule has 6 heteroatoms. The number of carbonyl (C=O) groups is 2. The Bertz CT molecular complexity index is 306. The zero-order valence-electron chi connectivity index (χ0n) is 9.59. The van der Waals surface area contributed by atoms with E-state index in [4.69, 9.17) is 10.8 Å². The SMILES string of the molecule is NC(CCC[C]=O)C(=O)N1CCC[C@H]1C(=O)O. The third kappa shape index (κ3) is 3.52. The van der Waals surface area contributed by atoms with Crippen molar-refractivity contribution in [2.24, 2.45) is 5.73 Å². The molecule has 0 saturated carbocycles. The van der Waals surface area contributed by atoms with Gasteiger partial charge in [-0.1, -0.05) is 0 Å². The average Bonchev–Trinajstić information content (AvgIpc) is 2.77. The molecule has 0 spiro atoms. The number of hydrogen-bond donors (Lipinski definition) is 2. The van der Waals surface area contributed by atoms with Gasteiger partial charge >= 0.3 is 5.97 Å². The zero-order valence-corrected chi connectivity index (χ0v) is 9.59. The van der Waals surface area contributed by atoms with Gasteiger partial charge in [0.05, 0.1) is 6.04 Å². The van der Waals surface area contributed by atoms with Crippen LogP contribution in [0.4, 0.5) is 0 Å². The van der Waals surface area contributed by atoms with Crippen LogP contribution in [0, 0.1) is 0 Å². The number of likely N-dealkylation sites (tertiary alicyclic amines) is 1. The van der Waals surface area contributed by atoms with Crippen LogP contribution in [0.15, 0.2) is 0 Å². The standard InChI is InChI=1S/C11H17N2O4/c12-8(4-1-2-7-14)10(15)13-6-3-5-9(13)11(16)17/h8-9H,1-6,12H2,(H,16,17)/t8?,9-/m0/s1. The van der Waals surface area contributed by atoms with Crippen molar-refractivity contribution >= 4 is 18.2 Å². The van der Waals surface area contributed by atoms with Gasteiger partial charge in [-0.3, -0.25) is 9.59 Å². The van der Waals surface area contributed by atoms with Crippen molar-refractivity contribution in [1.82, 2.24) is 4.90 Å². The van der Waals surface area contributed by atoms with Crippen molar-refractivity contribution in [1.29, 1.82) is 0 Å². The minimum Gasteiger partial charge on any atom is -0.480 e. The number of aliphatic carboxylic acids is 1. The van der Waals surface area contributed by atoms with Crippen LogP contribution in [0.2, 0.25) is 0 Å². The Kier molecular flexibility index (Phi) is 5.09. The van der Waals surface area contributed by atoms with E-state index in [2.05, 4.69) is 0 Å². The van der Waals surface area contributed by atoms with Gasteiger partial charge in [0.2, 0.25) is 5.91 Å². The van der Waals surface area contributed by atoms with E-state index in [1.54, 1.807) is 6.29 Å². The fraction of sp³-hybridized carbons (Fsp3) is 0.727. The molecule has 0 bridgehead atoms. The molecule has 1 unspecified atom stereocenters. The minimum atomic E-state index is -0.982. The maximum Gasteiger partial charge on any atom is 0.326 e. The van der Waals surface area contributed by atoms with Gasteiger partial charge in [-0.2, -0.15) is 0 Å². The number of carboxylic acids is 1. The average molecular weight is 241 g/mol. The van der Waals surface area contributed by atoms with Crippen LogP contribution < -0.4 is 5.73 Å². The number of hydrogen-bond acceptors (Lipinski definition) is 4. The van der Waals surface area contributed by atoms with Crippen LogP contribution in [0.5, 0.6) is 0 Å². The minimum absolute atomic E-state index is 0.253. The third-order valence-electron chi connectivity index (χ3n) is 2.93. The molecule has 0 aliphatic carbocycles. The molecule has 1 amide bonds. The Morgan fingerprint density at radius 2 is 2.24 bits per heavy atom. The summed E-state index contributed by atoms with van der Waals surface area (Å²) < 4.78 is 0. The monoisotopic (exact) mass is 241 g/mol. The molecule has 1 fully saturated rings. The predicted octanol–water partition coefficient (Wildman–Crippen LogP) is -0.331. The predicted molar refractivity (Wildman–Crippen MR) is 59.9 cm³/mol. The Hall–Kier alpha value is -1.43. The normalized spacial score (nSPS) is 21.2. The highest BCUT2D eigenvalue weighted by Gasteiger charge is 2.35. The second kappa shape index (κ2) is 6.34. The smallest absolute Gasteiger partial charge is 0.326 e. The molecule has 6 nitrogen and oxygen atoms in total. The van der Waals surface area contributed by atoms with Gasteiger partial charge in [-0.05, 0) is 25.7 Å². The van der Waals surface area contributed by atoms with E-state index in [1.807, 2.05) is 0 Å². The summed E-state index contributed by atoms with van der Waals surface area (Å²) in [7, 11) is 0. The van der Waals surface area contributed by atoms with E-state index in [0.29, 0.717) is 32.2 Å². The molecule has 0 aromatic heterocycles. The first-order valence-corrected chi connectivity index (χ1v) is 5.71. The van der Waals surface area contributed by atoms with E-state index in [9.17, 15) is 14.4 Å². The van der Waals surface area contributed by atoms with E-state index >= 15 is 0 Å². The van der Waals surface area contributed by atoms with Crippen LogP contribution >= 0.6 is 0 Å². The second-order valence-electron chi connectivity index (χ2n) is 4.17. The molecule has 1 aliphatic heterocycles. The number of carbonyl (C=O) groups excluding carboxylic acids is 2. The largest absolute Gasteiger partial charge is 0.480 e. The van der Waals surface area contributed by atoms with Crippen molar-refractivity contribution in [3.05, 3.63) is 0 Å². The molecular weight excluding hydrogens is 224 g/mol. The molecular formula is C11H17N2O4. The third-order valence-corrected chi connectivity index (χ3v) is 2.93. The highest BCUT2D eigenvalue weighted by atomic mass is 16.4. The molecule has 3 N–H and O–H groups in total.